The van der Waals surface area contributed by atoms with Crippen LogP contribution in [0.5, 0.6) is 0 Å². The molecule has 1 aliphatic heterocycles. The zero-order valence-electron chi connectivity index (χ0n) is 11.0. The number of carboxylic acids is 1. The summed E-state index contributed by atoms with van der Waals surface area (Å²) in [5.74, 6) is -1.28. The molecule has 106 valence electrons. The smallest absolute Gasteiger partial charge is 0.322 e. The van der Waals surface area contributed by atoms with Crippen LogP contribution >= 0.6 is 0 Å². The number of rotatable bonds is 5. The van der Waals surface area contributed by atoms with Crippen molar-refractivity contribution >= 4 is 16.0 Å². The lowest BCUT2D eigenvalue weighted by molar-refractivity contribution is -0.142. The van der Waals surface area contributed by atoms with Gasteiger partial charge in [-0.3, -0.25) is 4.79 Å². The summed E-state index contributed by atoms with van der Waals surface area (Å²) in [6.45, 7) is 3.62. The summed E-state index contributed by atoms with van der Waals surface area (Å²) in [4.78, 5) is 11.1. The van der Waals surface area contributed by atoms with Gasteiger partial charge in [-0.05, 0) is 33.1 Å². The molecule has 6 nitrogen and oxygen atoms in total. The zero-order chi connectivity index (χ0) is 14.0. The van der Waals surface area contributed by atoms with Crippen molar-refractivity contribution in [2.45, 2.75) is 44.8 Å². The molecular weight excluding hydrogens is 258 g/mol. The highest BCUT2D eigenvalue weighted by Gasteiger charge is 2.39. The molecule has 0 amide bonds. The number of hydrogen-bond acceptors (Lipinski definition) is 4. The van der Waals surface area contributed by atoms with Crippen LogP contribution in [-0.2, 0) is 19.6 Å². The van der Waals surface area contributed by atoms with Crippen LogP contribution in [0.1, 0.15) is 33.1 Å². The molecule has 1 saturated heterocycles. The Bertz CT molecular complexity index is 404. The van der Waals surface area contributed by atoms with Crippen LogP contribution in [0.25, 0.3) is 0 Å². The van der Waals surface area contributed by atoms with Crippen molar-refractivity contribution in [3.05, 3.63) is 0 Å². The first-order valence-corrected chi connectivity index (χ1v) is 7.58. The molecule has 18 heavy (non-hydrogen) atoms. The van der Waals surface area contributed by atoms with Crippen molar-refractivity contribution < 1.29 is 23.1 Å². The van der Waals surface area contributed by atoms with E-state index in [9.17, 15) is 13.2 Å². The molecule has 1 aliphatic rings. The lowest BCUT2D eigenvalue weighted by atomic mass is 10.1. The van der Waals surface area contributed by atoms with Gasteiger partial charge in [0, 0.05) is 13.7 Å². The Morgan fingerprint density at radius 2 is 2.06 bits per heavy atom. The molecule has 0 aromatic rings. The van der Waals surface area contributed by atoms with Gasteiger partial charge in [-0.25, -0.2) is 8.42 Å². The van der Waals surface area contributed by atoms with Crippen LogP contribution < -0.4 is 0 Å². The summed E-state index contributed by atoms with van der Waals surface area (Å²) < 4.78 is 30.7. The summed E-state index contributed by atoms with van der Waals surface area (Å²) in [5.41, 5.74) is -0.820. The Morgan fingerprint density at radius 3 is 2.56 bits per heavy atom. The van der Waals surface area contributed by atoms with E-state index in [0.29, 0.717) is 12.8 Å². The first kappa shape index (κ1) is 15.4. The Hall–Kier alpha value is -0.660. The Labute approximate surface area is 108 Å². The van der Waals surface area contributed by atoms with E-state index in [-0.39, 0.29) is 12.3 Å². The topological polar surface area (TPSA) is 83.9 Å². The number of methoxy groups -OCH3 is 1. The molecule has 1 N–H and O–H groups in total. The Kier molecular flexibility index (Phi) is 4.74. The number of piperidine rings is 1. The van der Waals surface area contributed by atoms with E-state index in [1.54, 1.807) is 13.8 Å². The monoisotopic (exact) mass is 279 g/mol. The fraction of sp³-hybridized carbons (Fsp3) is 0.909. The number of hydrogen-bond donors (Lipinski definition) is 1. The summed E-state index contributed by atoms with van der Waals surface area (Å²) in [6, 6.07) is -0.934. The molecule has 0 bridgehead atoms. The third kappa shape index (κ3) is 3.66. The molecule has 1 fully saturated rings. The lowest BCUT2D eigenvalue weighted by Crippen LogP contribution is -2.51. The van der Waals surface area contributed by atoms with E-state index >= 15 is 0 Å². The van der Waals surface area contributed by atoms with Gasteiger partial charge in [-0.2, -0.15) is 4.31 Å². The van der Waals surface area contributed by atoms with Crippen molar-refractivity contribution in [2.24, 2.45) is 0 Å². The van der Waals surface area contributed by atoms with Gasteiger partial charge in [-0.15, -0.1) is 0 Å². The van der Waals surface area contributed by atoms with Crippen LogP contribution in [-0.4, -0.2) is 54.8 Å². The molecule has 0 spiro atoms. The van der Waals surface area contributed by atoms with Crippen molar-refractivity contribution in [1.82, 2.24) is 4.31 Å². The quantitative estimate of drug-likeness (QED) is 0.800. The lowest BCUT2D eigenvalue weighted by Gasteiger charge is -2.34. The average molecular weight is 279 g/mol. The summed E-state index contributed by atoms with van der Waals surface area (Å²) in [6.07, 6.45) is 1.83. The standard InChI is InChI=1S/C11H21NO5S/c1-11(2,17-3)8-18(15,16)12-7-5-4-6-9(12)10(13)14/h9H,4-8H2,1-3H3,(H,13,14). The van der Waals surface area contributed by atoms with Gasteiger partial charge in [0.15, 0.2) is 0 Å². The molecule has 1 unspecified atom stereocenters. The first-order valence-electron chi connectivity index (χ1n) is 5.97. The van der Waals surface area contributed by atoms with E-state index in [1.165, 1.54) is 7.11 Å². The van der Waals surface area contributed by atoms with Gasteiger partial charge < -0.3 is 9.84 Å². The Morgan fingerprint density at radius 1 is 1.44 bits per heavy atom. The normalized spacial score (nSPS) is 22.9. The minimum Gasteiger partial charge on any atom is -0.480 e. The number of nitrogens with zero attached hydrogens (tertiary/aromatic N) is 1. The maximum absolute atomic E-state index is 12.3. The number of aliphatic carboxylic acids is 1. The second-order valence-corrected chi connectivity index (χ2v) is 7.10. The van der Waals surface area contributed by atoms with Crippen LogP contribution in [0.3, 0.4) is 0 Å². The van der Waals surface area contributed by atoms with Gasteiger partial charge >= 0.3 is 5.97 Å². The van der Waals surface area contributed by atoms with Gasteiger partial charge in [0.25, 0.3) is 0 Å². The molecule has 1 heterocycles. The predicted octanol–water partition coefficient (Wildman–Crippen LogP) is 0.680. The molecule has 0 radical (unpaired) electrons. The third-order valence-electron chi connectivity index (χ3n) is 3.18. The Balaban J connectivity index is 2.91. The molecule has 7 heteroatoms. The highest BCUT2D eigenvalue weighted by atomic mass is 32.2. The molecule has 0 aromatic carbocycles. The SMILES string of the molecule is COC(C)(C)CS(=O)(=O)N1CCCCC1C(=O)O. The molecule has 0 aliphatic carbocycles. The first-order chi connectivity index (χ1) is 8.19. The largest absolute Gasteiger partial charge is 0.480 e. The highest BCUT2D eigenvalue weighted by molar-refractivity contribution is 7.89. The van der Waals surface area contributed by atoms with Crippen molar-refractivity contribution in [2.75, 3.05) is 19.4 Å². The summed E-state index contributed by atoms with van der Waals surface area (Å²) in [5, 5.41) is 9.09. The van der Waals surface area contributed by atoms with E-state index in [0.717, 1.165) is 10.7 Å². The number of ether oxygens (including phenoxy) is 1. The average Bonchev–Trinajstić information content (AvgIpc) is 2.28. The van der Waals surface area contributed by atoms with Gasteiger partial charge in [-0.1, -0.05) is 0 Å². The second kappa shape index (κ2) is 5.54. The van der Waals surface area contributed by atoms with Crippen molar-refractivity contribution in [1.29, 1.82) is 0 Å². The molecule has 1 atom stereocenters. The van der Waals surface area contributed by atoms with Crippen molar-refractivity contribution in [3.63, 3.8) is 0 Å². The maximum Gasteiger partial charge on any atom is 0.322 e. The summed E-state index contributed by atoms with van der Waals surface area (Å²) in [7, 11) is -2.17. The van der Waals surface area contributed by atoms with Crippen LogP contribution in [0.2, 0.25) is 0 Å². The number of carboxylic acid groups (broad SMARTS) is 1. The number of carbonyl (C=O) groups is 1. The van der Waals surface area contributed by atoms with Crippen LogP contribution in [0.4, 0.5) is 0 Å². The fourth-order valence-corrected chi connectivity index (χ4v) is 4.22. The van der Waals surface area contributed by atoms with Crippen LogP contribution in [0.15, 0.2) is 0 Å². The van der Waals surface area contributed by atoms with E-state index < -0.39 is 27.6 Å². The second-order valence-electron chi connectivity index (χ2n) is 5.18. The maximum atomic E-state index is 12.3. The van der Waals surface area contributed by atoms with Crippen molar-refractivity contribution in [3.8, 4) is 0 Å². The third-order valence-corrected chi connectivity index (χ3v) is 5.39. The molecule has 0 aromatic heterocycles. The molecule has 0 saturated carbocycles. The van der Waals surface area contributed by atoms with Gasteiger partial charge in [0.05, 0.1) is 11.4 Å². The van der Waals surface area contributed by atoms with Gasteiger partial charge in [0.2, 0.25) is 10.0 Å². The fourth-order valence-electron chi connectivity index (χ4n) is 2.07. The van der Waals surface area contributed by atoms with Gasteiger partial charge in [0.1, 0.15) is 6.04 Å². The van der Waals surface area contributed by atoms with E-state index in [4.69, 9.17) is 9.84 Å². The summed E-state index contributed by atoms with van der Waals surface area (Å²) >= 11 is 0. The highest BCUT2D eigenvalue weighted by Crippen LogP contribution is 2.23. The predicted molar refractivity (Wildman–Crippen MR) is 66.9 cm³/mol. The van der Waals surface area contributed by atoms with E-state index in [2.05, 4.69) is 0 Å². The molecule has 1 rings (SSSR count). The minimum absolute atomic E-state index is 0.208. The van der Waals surface area contributed by atoms with Crippen LogP contribution in [0, 0.1) is 0 Å². The van der Waals surface area contributed by atoms with E-state index in [1.807, 2.05) is 0 Å². The zero-order valence-corrected chi connectivity index (χ0v) is 11.9. The minimum atomic E-state index is -3.62. The molecular formula is C11H21NO5S. The number of sulfonamides is 1.